The van der Waals surface area contributed by atoms with E-state index in [-0.39, 0.29) is 17.7 Å². The van der Waals surface area contributed by atoms with Crippen molar-refractivity contribution in [2.75, 3.05) is 0 Å². The van der Waals surface area contributed by atoms with E-state index in [1.807, 2.05) is 24.3 Å². The number of rotatable bonds is 4. The average molecular weight is 359 g/mol. The monoisotopic (exact) mass is 359 g/mol. The lowest BCUT2D eigenvalue weighted by Gasteiger charge is -2.25. The lowest BCUT2D eigenvalue weighted by Crippen LogP contribution is -2.30. The van der Waals surface area contributed by atoms with Crippen LogP contribution < -0.4 is 5.32 Å². The number of amides is 1. The van der Waals surface area contributed by atoms with E-state index in [9.17, 15) is 9.59 Å². The van der Waals surface area contributed by atoms with E-state index in [0.29, 0.717) is 17.1 Å². The molecule has 0 radical (unpaired) electrons. The summed E-state index contributed by atoms with van der Waals surface area (Å²) in [7, 11) is 0. The largest absolute Gasteiger partial charge is 0.451 e. The highest BCUT2D eigenvalue weighted by atomic mass is 16.3. The molecular weight excluding hydrogens is 338 g/mol. The number of furan rings is 1. The molecule has 0 bridgehead atoms. The summed E-state index contributed by atoms with van der Waals surface area (Å²) in [5.41, 5.74) is 3.99. The molecule has 1 N–H and O–H groups in total. The van der Waals surface area contributed by atoms with Crippen molar-refractivity contribution in [3.05, 3.63) is 83.1 Å². The molecule has 1 aromatic heterocycles. The van der Waals surface area contributed by atoms with Gasteiger partial charge in [-0.15, -0.1) is 0 Å². The van der Waals surface area contributed by atoms with E-state index in [1.165, 1.54) is 18.1 Å². The van der Waals surface area contributed by atoms with E-state index >= 15 is 0 Å². The van der Waals surface area contributed by atoms with Gasteiger partial charge in [0, 0.05) is 11.1 Å². The van der Waals surface area contributed by atoms with Crippen molar-refractivity contribution in [1.82, 2.24) is 5.32 Å². The van der Waals surface area contributed by atoms with Crippen molar-refractivity contribution < 1.29 is 14.0 Å². The van der Waals surface area contributed by atoms with Crippen molar-refractivity contribution in [3.8, 4) is 11.3 Å². The summed E-state index contributed by atoms with van der Waals surface area (Å²) in [5.74, 6) is 0.722. The van der Waals surface area contributed by atoms with Crippen LogP contribution in [-0.2, 0) is 6.42 Å². The number of carbonyl (C=O) groups is 2. The maximum absolute atomic E-state index is 12.7. The van der Waals surface area contributed by atoms with Crippen LogP contribution in [0.25, 0.3) is 11.3 Å². The minimum atomic E-state index is -0.205. The zero-order chi connectivity index (χ0) is 18.8. The summed E-state index contributed by atoms with van der Waals surface area (Å²) < 4.78 is 5.76. The number of fused-ring (bicyclic) bond motifs is 1. The van der Waals surface area contributed by atoms with Gasteiger partial charge in [-0.05, 0) is 49.4 Å². The second-order valence-corrected chi connectivity index (χ2v) is 6.91. The number of aryl methyl sites for hydroxylation is 1. The second kappa shape index (κ2) is 7.23. The number of benzene rings is 2. The van der Waals surface area contributed by atoms with Gasteiger partial charge in [0.1, 0.15) is 5.76 Å². The molecule has 1 unspecified atom stereocenters. The quantitative estimate of drug-likeness (QED) is 0.670. The maximum Gasteiger partial charge on any atom is 0.287 e. The standard InChI is InChI=1S/C23H21NO3/c1-15(25)16-9-11-18(12-10-16)21-13-14-22(27-21)23(26)24-20-8-4-6-17-5-2-3-7-19(17)20/h2-3,5,7,9-14,20H,4,6,8H2,1H3,(H,24,26). The predicted molar refractivity (Wildman–Crippen MR) is 104 cm³/mol. The minimum Gasteiger partial charge on any atom is -0.451 e. The molecule has 1 amide bonds. The predicted octanol–water partition coefficient (Wildman–Crippen LogP) is 4.96. The molecule has 4 rings (SSSR count). The lowest BCUT2D eigenvalue weighted by atomic mass is 9.88. The van der Waals surface area contributed by atoms with Crippen molar-refractivity contribution in [3.63, 3.8) is 0 Å². The molecule has 4 heteroatoms. The normalized spacial score (nSPS) is 15.8. The summed E-state index contributed by atoms with van der Waals surface area (Å²) in [5, 5.41) is 3.10. The summed E-state index contributed by atoms with van der Waals surface area (Å²) >= 11 is 0. The lowest BCUT2D eigenvalue weighted by molar-refractivity contribution is 0.0905. The van der Waals surface area contributed by atoms with Crippen LogP contribution in [0.5, 0.6) is 0 Å². The highest BCUT2D eigenvalue weighted by molar-refractivity contribution is 5.94. The Hall–Kier alpha value is -3.14. The number of hydrogen-bond acceptors (Lipinski definition) is 3. The third-order valence-electron chi connectivity index (χ3n) is 5.08. The Morgan fingerprint density at radius 2 is 1.78 bits per heavy atom. The molecule has 0 fully saturated rings. The Morgan fingerprint density at radius 3 is 2.56 bits per heavy atom. The smallest absolute Gasteiger partial charge is 0.287 e. The first-order valence-corrected chi connectivity index (χ1v) is 9.22. The summed E-state index contributed by atoms with van der Waals surface area (Å²) in [6.07, 6.45) is 3.06. The second-order valence-electron chi connectivity index (χ2n) is 6.91. The Balaban J connectivity index is 1.50. The van der Waals surface area contributed by atoms with Gasteiger partial charge in [-0.2, -0.15) is 0 Å². The number of hydrogen-bond donors (Lipinski definition) is 1. The third-order valence-corrected chi connectivity index (χ3v) is 5.08. The van der Waals surface area contributed by atoms with Crippen LogP contribution in [0, 0.1) is 0 Å². The Morgan fingerprint density at radius 1 is 1.00 bits per heavy atom. The highest BCUT2D eigenvalue weighted by Gasteiger charge is 2.23. The number of nitrogens with one attached hydrogen (secondary N) is 1. The van der Waals surface area contributed by atoms with Crippen molar-refractivity contribution in [1.29, 1.82) is 0 Å². The van der Waals surface area contributed by atoms with Crippen LogP contribution in [0.4, 0.5) is 0 Å². The molecule has 2 aromatic carbocycles. The van der Waals surface area contributed by atoms with Crippen LogP contribution in [0.2, 0.25) is 0 Å². The molecule has 1 aliphatic carbocycles. The zero-order valence-corrected chi connectivity index (χ0v) is 15.2. The molecule has 1 atom stereocenters. The Bertz CT molecular complexity index is 985. The van der Waals surface area contributed by atoms with Crippen LogP contribution >= 0.6 is 0 Å². The fourth-order valence-electron chi connectivity index (χ4n) is 3.62. The van der Waals surface area contributed by atoms with Gasteiger partial charge in [-0.1, -0.05) is 48.5 Å². The van der Waals surface area contributed by atoms with E-state index < -0.39 is 0 Å². The number of carbonyl (C=O) groups excluding carboxylic acids is 2. The highest BCUT2D eigenvalue weighted by Crippen LogP contribution is 2.30. The summed E-state index contributed by atoms with van der Waals surface area (Å²) in [4.78, 5) is 24.0. The van der Waals surface area contributed by atoms with Crippen LogP contribution in [0.3, 0.4) is 0 Å². The molecule has 136 valence electrons. The van der Waals surface area contributed by atoms with Gasteiger partial charge < -0.3 is 9.73 Å². The van der Waals surface area contributed by atoms with Crippen molar-refractivity contribution in [2.24, 2.45) is 0 Å². The fraction of sp³-hybridized carbons (Fsp3) is 0.217. The molecule has 0 spiro atoms. The average Bonchev–Trinajstić information content (AvgIpc) is 3.19. The molecule has 1 aliphatic rings. The number of Topliss-reactive ketones (excluding diaryl/α,β-unsaturated/α-hetero) is 1. The fourth-order valence-corrected chi connectivity index (χ4v) is 3.62. The SMILES string of the molecule is CC(=O)c1ccc(-c2ccc(C(=O)NC3CCCc4ccccc43)o2)cc1. The summed E-state index contributed by atoms with van der Waals surface area (Å²) in [6, 6.07) is 18.9. The van der Waals surface area contributed by atoms with Gasteiger partial charge >= 0.3 is 0 Å². The summed E-state index contributed by atoms with van der Waals surface area (Å²) in [6.45, 7) is 1.54. The molecule has 0 aliphatic heterocycles. The van der Waals surface area contributed by atoms with Gasteiger partial charge in [0.15, 0.2) is 11.5 Å². The first kappa shape index (κ1) is 17.3. The van der Waals surface area contributed by atoms with Gasteiger partial charge in [0.05, 0.1) is 6.04 Å². The first-order chi connectivity index (χ1) is 13.1. The number of ketones is 1. The zero-order valence-electron chi connectivity index (χ0n) is 15.2. The van der Waals surface area contributed by atoms with E-state index in [2.05, 4.69) is 17.4 Å². The third kappa shape index (κ3) is 3.56. The molecule has 27 heavy (non-hydrogen) atoms. The topological polar surface area (TPSA) is 59.3 Å². The molecule has 3 aromatic rings. The van der Waals surface area contributed by atoms with E-state index in [1.54, 1.807) is 24.3 Å². The van der Waals surface area contributed by atoms with Crippen molar-refractivity contribution in [2.45, 2.75) is 32.2 Å². The molecule has 0 saturated heterocycles. The van der Waals surface area contributed by atoms with E-state index in [4.69, 9.17) is 4.42 Å². The maximum atomic E-state index is 12.7. The van der Waals surface area contributed by atoms with Gasteiger partial charge in [-0.25, -0.2) is 0 Å². The van der Waals surface area contributed by atoms with Gasteiger partial charge in [-0.3, -0.25) is 9.59 Å². The van der Waals surface area contributed by atoms with Crippen molar-refractivity contribution >= 4 is 11.7 Å². The molecule has 0 saturated carbocycles. The van der Waals surface area contributed by atoms with Gasteiger partial charge in [0.2, 0.25) is 0 Å². The first-order valence-electron chi connectivity index (χ1n) is 9.22. The Kier molecular flexibility index (Phi) is 4.63. The van der Waals surface area contributed by atoms with Crippen LogP contribution in [0.1, 0.15) is 57.8 Å². The molecule has 4 nitrogen and oxygen atoms in total. The Labute approximate surface area is 158 Å². The van der Waals surface area contributed by atoms with E-state index in [0.717, 1.165) is 24.8 Å². The van der Waals surface area contributed by atoms with Crippen LogP contribution in [-0.4, -0.2) is 11.7 Å². The van der Waals surface area contributed by atoms with Crippen LogP contribution in [0.15, 0.2) is 65.1 Å². The minimum absolute atomic E-state index is 0.0193. The molecule has 1 heterocycles. The van der Waals surface area contributed by atoms with Gasteiger partial charge in [0.25, 0.3) is 5.91 Å². The molecular formula is C23H21NO3.